The molecule has 90 valence electrons. The second kappa shape index (κ2) is 4.77. The largest absolute Gasteiger partial charge is 0.338 e. The van der Waals surface area contributed by atoms with E-state index in [1.807, 2.05) is 24.7 Å². The average molecular weight is 250 g/mol. The van der Waals surface area contributed by atoms with Crippen LogP contribution < -0.4 is 5.73 Å². The lowest BCUT2D eigenvalue weighted by molar-refractivity contribution is 0.0985. The fourth-order valence-corrected chi connectivity index (χ4v) is 2.21. The number of carbonyl (C=O) groups excluding carboxylic acids is 1. The summed E-state index contributed by atoms with van der Waals surface area (Å²) in [5, 5.41) is 2.54. The highest BCUT2D eigenvalue weighted by Crippen LogP contribution is 2.17. The van der Waals surface area contributed by atoms with E-state index in [4.69, 9.17) is 5.73 Å². The summed E-state index contributed by atoms with van der Waals surface area (Å²) < 4.78 is 1.83. The SMILES string of the molecule is CC(N)c1nc(C(=O)Cc2nccn2C)cs1. The number of rotatable bonds is 4. The summed E-state index contributed by atoms with van der Waals surface area (Å²) in [6, 6.07) is -0.130. The van der Waals surface area contributed by atoms with Gasteiger partial charge in [0, 0.05) is 24.8 Å². The predicted octanol–water partition coefficient (Wildman–Crippen LogP) is 1.32. The van der Waals surface area contributed by atoms with Crippen molar-refractivity contribution in [3.05, 3.63) is 34.3 Å². The summed E-state index contributed by atoms with van der Waals surface area (Å²) in [4.78, 5) is 20.3. The number of thiazole rings is 1. The molecule has 0 radical (unpaired) electrons. The van der Waals surface area contributed by atoms with Gasteiger partial charge in [-0.3, -0.25) is 4.79 Å². The Labute approximate surface area is 103 Å². The van der Waals surface area contributed by atoms with Crippen LogP contribution in [0.1, 0.15) is 34.3 Å². The molecule has 0 saturated heterocycles. The van der Waals surface area contributed by atoms with Crippen LogP contribution >= 0.6 is 11.3 Å². The van der Waals surface area contributed by atoms with E-state index in [1.165, 1.54) is 11.3 Å². The molecule has 0 bridgehead atoms. The summed E-state index contributed by atoms with van der Waals surface area (Å²) in [6.07, 6.45) is 3.76. The maximum absolute atomic E-state index is 12.0. The van der Waals surface area contributed by atoms with Crippen molar-refractivity contribution in [1.82, 2.24) is 14.5 Å². The van der Waals surface area contributed by atoms with Crippen LogP contribution in [0.15, 0.2) is 17.8 Å². The van der Waals surface area contributed by atoms with E-state index in [2.05, 4.69) is 9.97 Å². The maximum atomic E-state index is 12.0. The number of hydrogen-bond donors (Lipinski definition) is 1. The number of ketones is 1. The Kier molecular flexibility index (Phi) is 3.35. The Morgan fingerprint density at radius 1 is 1.65 bits per heavy atom. The molecule has 0 aromatic carbocycles. The minimum Gasteiger partial charge on any atom is -0.338 e. The molecule has 1 unspecified atom stereocenters. The molecule has 2 N–H and O–H groups in total. The van der Waals surface area contributed by atoms with Gasteiger partial charge in [0.05, 0.1) is 12.5 Å². The fourth-order valence-electron chi connectivity index (χ4n) is 1.43. The van der Waals surface area contributed by atoms with Gasteiger partial charge in [-0.25, -0.2) is 9.97 Å². The van der Waals surface area contributed by atoms with Crippen molar-refractivity contribution in [2.75, 3.05) is 0 Å². The van der Waals surface area contributed by atoms with Gasteiger partial charge in [0.2, 0.25) is 0 Å². The Hall–Kier alpha value is -1.53. The molecule has 0 aliphatic rings. The third-order valence-electron chi connectivity index (χ3n) is 2.44. The summed E-state index contributed by atoms with van der Waals surface area (Å²) >= 11 is 1.42. The number of carbonyl (C=O) groups is 1. The molecule has 0 amide bonds. The molecule has 1 atom stereocenters. The third kappa shape index (κ3) is 2.59. The van der Waals surface area contributed by atoms with Crippen LogP contribution in [0.3, 0.4) is 0 Å². The zero-order chi connectivity index (χ0) is 12.4. The van der Waals surface area contributed by atoms with Crippen LogP contribution in [0.5, 0.6) is 0 Å². The molecule has 6 heteroatoms. The highest BCUT2D eigenvalue weighted by molar-refractivity contribution is 7.09. The number of aryl methyl sites for hydroxylation is 1. The molecular formula is C11H14N4OS. The number of aromatic nitrogens is 3. The van der Waals surface area contributed by atoms with Crippen LogP contribution in [0.25, 0.3) is 0 Å². The summed E-state index contributed by atoms with van der Waals surface area (Å²) in [5.41, 5.74) is 6.18. The van der Waals surface area contributed by atoms with Crippen molar-refractivity contribution >= 4 is 17.1 Å². The van der Waals surface area contributed by atoms with Gasteiger partial charge in [0.25, 0.3) is 0 Å². The quantitative estimate of drug-likeness (QED) is 0.831. The summed E-state index contributed by atoms with van der Waals surface area (Å²) in [5.74, 6) is 0.716. The monoisotopic (exact) mass is 250 g/mol. The molecule has 0 spiro atoms. The first-order valence-corrected chi connectivity index (χ1v) is 6.16. The average Bonchev–Trinajstić information content (AvgIpc) is 2.88. The molecule has 0 aliphatic heterocycles. The van der Waals surface area contributed by atoms with E-state index < -0.39 is 0 Å². The zero-order valence-electron chi connectivity index (χ0n) is 9.75. The van der Waals surface area contributed by atoms with Gasteiger partial charge in [-0.2, -0.15) is 0 Å². The van der Waals surface area contributed by atoms with Crippen molar-refractivity contribution < 1.29 is 4.79 Å². The topological polar surface area (TPSA) is 73.8 Å². The Morgan fingerprint density at radius 2 is 2.41 bits per heavy atom. The molecule has 17 heavy (non-hydrogen) atoms. The first-order valence-electron chi connectivity index (χ1n) is 5.28. The molecule has 2 aromatic heterocycles. The lowest BCUT2D eigenvalue weighted by Gasteiger charge is -1.99. The number of hydrogen-bond acceptors (Lipinski definition) is 5. The predicted molar refractivity (Wildman–Crippen MR) is 66.0 cm³/mol. The first-order chi connectivity index (χ1) is 8.08. The van der Waals surface area contributed by atoms with Crippen LogP contribution in [0, 0.1) is 0 Å². The van der Waals surface area contributed by atoms with Crippen molar-refractivity contribution in [3.8, 4) is 0 Å². The Bertz CT molecular complexity index is 529. The van der Waals surface area contributed by atoms with Gasteiger partial charge in [0.15, 0.2) is 5.78 Å². The molecule has 0 saturated carbocycles. The Morgan fingerprint density at radius 3 is 2.94 bits per heavy atom. The van der Waals surface area contributed by atoms with Gasteiger partial charge in [-0.15, -0.1) is 11.3 Å². The second-order valence-corrected chi connectivity index (χ2v) is 4.80. The highest BCUT2D eigenvalue weighted by Gasteiger charge is 2.14. The molecular weight excluding hydrogens is 236 g/mol. The van der Waals surface area contributed by atoms with Crippen molar-refractivity contribution in [2.45, 2.75) is 19.4 Å². The van der Waals surface area contributed by atoms with Crippen molar-refractivity contribution in [1.29, 1.82) is 0 Å². The van der Waals surface area contributed by atoms with E-state index >= 15 is 0 Å². The fraction of sp³-hybridized carbons (Fsp3) is 0.364. The van der Waals surface area contributed by atoms with Crippen molar-refractivity contribution in [3.63, 3.8) is 0 Å². The normalized spacial score (nSPS) is 12.6. The van der Waals surface area contributed by atoms with E-state index in [1.54, 1.807) is 11.6 Å². The van der Waals surface area contributed by atoms with Crippen LogP contribution in [0.4, 0.5) is 0 Å². The molecule has 0 aliphatic carbocycles. The van der Waals surface area contributed by atoms with Crippen LogP contribution in [-0.4, -0.2) is 20.3 Å². The lowest BCUT2D eigenvalue weighted by atomic mass is 10.2. The zero-order valence-corrected chi connectivity index (χ0v) is 10.6. The summed E-state index contributed by atoms with van der Waals surface area (Å²) in [6.45, 7) is 1.85. The highest BCUT2D eigenvalue weighted by atomic mass is 32.1. The number of nitrogens with two attached hydrogens (primary N) is 1. The van der Waals surface area contributed by atoms with Crippen LogP contribution in [0.2, 0.25) is 0 Å². The van der Waals surface area contributed by atoms with E-state index in [-0.39, 0.29) is 18.2 Å². The summed E-state index contributed by atoms with van der Waals surface area (Å²) in [7, 11) is 1.87. The number of nitrogens with zero attached hydrogens (tertiary/aromatic N) is 3. The molecule has 2 aromatic rings. The van der Waals surface area contributed by atoms with Gasteiger partial charge < -0.3 is 10.3 Å². The van der Waals surface area contributed by atoms with Crippen LogP contribution in [-0.2, 0) is 13.5 Å². The first kappa shape index (κ1) is 11.9. The molecule has 2 heterocycles. The Balaban J connectivity index is 2.12. The second-order valence-electron chi connectivity index (χ2n) is 3.91. The van der Waals surface area contributed by atoms with Gasteiger partial charge in [0.1, 0.15) is 16.5 Å². The molecule has 0 fully saturated rings. The number of imidazole rings is 1. The lowest BCUT2D eigenvalue weighted by Crippen LogP contribution is -2.10. The van der Waals surface area contributed by atoms with E-state index in [0.717, 1.165) is 10.8 Å². The van der Waals surface area contributed by atoms with E-state index in [0.29, 0.717) is 5.69 Å². The van der Waals surface area contributed by atoms with E-state index in [9.17, 15) is 4.79 Å². The third-order valence-corrected chi connectivity index (χ3v) is 3.48. The van der Waals surface area contributed by atoms with Gasteiger partial charge in [-0.1, -0.05) is 0 Å². The minimum atomic E-state index is -0.130. The smallest absolute Gasteiger partial charge is 0.189 e. The molecule has 2 rings (SSSR count). The molecule has 5 nitrogen and oxygen atoms in total. The number of Topliss-reactive ketones (excluding diaryl/α,β-unsaturated/α-hetero) is 1. The van der Waals surface area contributed by atoms with Gasteiger partial charge in [-0.05, 0) is 6.92 Å². The maximum Gasteiger partial charge on any atom is 0.189 e. The minimum absolute atomic E-state index is 0.0255. The standard InChI is InChI=1S/C11H14N4OS/c1-7(12)11-14-8(6-17-11)9(16)5-10-13-3-4-15(10)2/h3-4,6-7H,5,12H2,1-2H3. The van der Waals surface area contributed by atoms with Crippen molar-refractivity contribution in [2.24, 2.45) is 12.8 Å². The van der Waals surface area contributed by atoms with Gasteiger partial charge >= 0.3 is 0 Å².